The third-order valence-corrected chi connectivity index (χ3v) is 29.0. The molecular formula is C68H98ClN7O10S3Si. The second kappa shape index (κ2) is 32.2. The van der Waals surface area contributed by atoms with E-state index >= 15 is 0 Å². The van der Waals surface area contributed by atoms with E-state index in [9.17, 15) is 27.0 Å². The van der Waals surface area contributed by atoms with Crippen molar-refractivity contribution in [3.63, 3.8) is 0 Å². The number of methoxy groups -OCH3 is 1. The number of hydrogen-bond acceptors (Lipinski definition) is 13. The molecule has 1 fully saturated rings. The summed E-state index contributed by atoms with van der Waals surface area (Å²) in [5, 5.41) is 6.77. The van der Waals surface area contributed by atoms with Crippen LogP contribution in [-0.2, 0) is 55.8 Å². The molecule has 5 N–H and O–H groups in total. The number of nitrogens with one attached hydrogen (secondary N) is 3. The molecule has 2 heterocycles. The van der Waals surface area contributed by atoms with Crippen molar-refractivity contribution >= 4 is 73.4 Å². The van der Waals surface area contributed by atoms with Crippen molar-refractivity contribution in [1.29, 1.82) is 4.78 Å². The molecule has 17 nitrogen and oxygen atoms in total. The number of hydrogen-bond donors (Lipinski definition) is 4. The largest absolute Gasteiger partial charge is 0.490 e. The van der Waals surface area contributed by atoms with E-state index < -0.39 is 68.3 Å². The lowest BCUT2D eigenvalue weighted by Crippen LogP contribution is -2.49. The number of carbonyl (C=O) groups is 3. The van der Waals surface area contributed by atoms with Gasteiger partial charge in [-0.15, -0.1) is 17.5 Å². The first-order chi connectivity index (χ1) is 42.3. The molecule has 2 aliphatic heterocycles. The number of nitrogens with two attached hydrogens (primary N) is 1. The molecule has 3 unspecified atom stereocenters. The highest BCUT2D eigenvalue weighted by Crippen LogP contribution is 2.47. The molecule has 90 heavy (non-hydrogen) atoms. The number of fused-ring (bicyclic) bond motifs is 4. The Hall–Kier alpha value is -5.81. The topological polar surface area (TPSA) is 241 Å². The number of carbonyl (C=O) groups excluding carboxylic acids is 3. The summed E-state index contributed by atoms with van der Waals surface area (Å²) in [5.74, 6) is 1.67. The van der Waals surface area contributed by atoms with E-state index in [2.05, 4.69) is 90.0 Å². The maximum absolute atomic E-state index is 13.7. The zero-order chi connectivity index (χ0) is 66.2. The minimum Gasteiger partial charge on any atom is -0.490 e. The Morgan fingerprint density at radius 3 is 2.09 bits per heavy atom. The summed E-state index contributed by atoms with van der Waals surface area (Å²) in [5.41, 5.74) is 5.37. The number of ether oxygens (including phenoxy) is 4. The van der Waals surface area contributed by atoms with Gasteiger partial charge in [0.25, 0.3) is 5.91 Å². The second-order valence-corrected chi connectivity index (χ2v) is 37.8. The van der Waals surface area contributed by atoms with Gasteiger partial charge in [0.15, 0.2) is 8.24 Å². The second-order valence-electron chi connectivity index (χ2n) is 26.4. The van der Waals surface area contributed by atoms with Gasteiger partial charge in [0.2, 0.25) is 0 Å². The zero-order valence-corrected chi connectivity index (χ0v) is 58.8. The van der Waals surface area contributed by atoms with Crippen LogP contribution in [0.15, 0.2) is 143 Å². The molecule has 4 aromatic carbocycles. The monoisotopic (exact) mass is 1330 g/mol. The number of rotatable bonds is 16. The van der Waals surface area contributed by atoms with E-state index in [0.29, 0.717) is 43.3 Å². The van der Waals surface area contributed by atoms with Crippen LogP contribution in [0.25, 0.3) is 0 Å². The molecule has 494 valence electrons. The van der Waals surface area contributed by atoms with Gasteiger partial charge in [-0.1, -0.05) is 144 Å². The molecular weight excluding hydrogens is 1230 g/mol. The molecule has 3 amide bonds. The van der Waals surface area contributed by atoms with Gasteiger partial charge >= 0.3 is 12.2 Å². The van der Waals surface area contributed by atoms with E-state index in [4.69, 9.17) is 44.5 Å². The van der Waals surface area contributed by atoms with Gasteiger partial charge in [0.1, 0.15) is 47.7 Å². The van der Waals surface area contributed by atoms with Crippen LogP contribution in [0.4, 0.5) is 15.3 Å². The Labute approximate surface area is 544 Å². The quantitative estimate of drug-likeness (QED) is 0.0607. The third kappa shape index (κ3) is 21.1. The standard InChI is InChI=1S/C32H40ClN3O4S.C21H36N2O3SSi.C15H22N2O3S/c1-21-5-3-7-29(39-2)26-11-8-24(26)17-36-19-32(14-4-6-22-15-25(33)10-12-27(22)32)20-40-30-13-9-23(16-28(30)36)31(37)35-41(34,38)18-21;1-9-13-17(2)16-27(25,23-28(7,8)21(4,5)6)22-20(24)26-18(3)19-14-11-10-12-15-19;1-4-8-12(2)11-21(16,19)17-15(18)20-13(3)14-9-6-5-7-10-14/h3,7,9-10,12-13,15-16,21,24,26,29H,4-6,8,11,14,17-20H2,1-2H3,(H2,34,35,37,38);9-12,14-15,17-18H,1,13,16H2,2-8H3,(H,22,23,24,25);4-7,9-10,12-13H,1,8,11H2,2-3H3,(H2,16,17,18,19)/b7-3+;;/t21-,24-,26+,29-,32-,41?;17-,18-,27?;12-,13-,21?/m000/s1. The summed E-state index contributed by atoms with van der Waals surface area (Å²) in [6.45, 7) is 29.3. The maximum atomic E-state index is 13.7. The first-order valence-corrected chi connectivity index (χ1v) is 39.7. The van der Waals surface area contributed by atoms with Crippen LogP contribution >= 0.6 is 11.6 Å². The number of amides is 3. The molecule has 0 saturated heterocycles. The number of allylic oxidation sites excluding steroid dienone is 3. The molecule has 1 spiro atoms. The van der Waals surface area contributed by atoms with Crippen molar-refractivity contribution in [2.75, 3.05) is 49.0 Å². The SMILES string of the molecule is C=CC[C@H](C)CS(=N)(=O)NC(=O)O[C@@H](C)c1ccccc1.C=CC[C@H](C)CS(=O)(=N[Si](C)(C)C(C)(C)C)NC(=O)O[C@@H](C)c1ccccc1.CO[C@H]1/C=C/C[C@H](C)CS(N)(=O)=NC(=O)c2ccc3c(c2)N(C[C@@H]2CC[C@H]21)C[C@@]1(CCCc2cc(Cl)ccc21)CO3. The Morgan fingerprint density at radius 1 is 0.922 bits per heavy atom. The van der Waals surface area contributed by atoms with Crippen LogP contribution in [0.5, 0.6) is 5.75 Å². The predicted molar refractivity (Wildman–Crippen MR) is 369 cm³/mol. The van der Waals surface area contributed by atoms with Crippen molar-refractivity contribution in [3.05, 3.63) is 167 Å². The van der Waals surface area contributed by atoms with Crippen LogP contribution in [0.3, 0.4) is 0 Å². The van der Waals surface area contributed by atoms with Crippen molar-refractivity contribution in [3.8, 4) is 5.75 Å². The van der Waals surface area contributed by atoms with Gasteiger partial charge in [-0.25, -0.2) is 41.6 Å². The maximum Gasteiger partial charge on any atom is 0.420 e. The van der Waals surface area contributed by atoms with Gasteiger partial charge in [0, 0.05) is 42.0 Å². The molecule has 12 atom stereocenters. The highest BCUT2D eigenvalue weighted by molar-refractivity contribution is 7.93. The summed E-state index contributed by atoms with van der Waals surface area (Å²) in [6.07, 6.45) is 12.7. The Kier molecular flexibility index (Phi) is 26.2. The number of halogens is 1. The van der Waals surface area contributed by atoms with Crippen LogP contribution in [-0.4, -0.2) is 89.1 Å². The highest BCUT2D eigenvalue weighted by atomic mass is 35.5. The van der Waals surface area contributed by atoms with Crippen molar-refractivity contribution in [2.24, 2.45) is 43.1 Å². The minimum absolute atomic E-state index is 0.0133. The molecule has 0 radical (unpaired) electrons. The van der Waals surface area contributed by atoms with Crippen LogP contribution in [0, 0.1) is 34.4 Å². The third-order valence-electron chi connectivity index (χ3n) is 17.5. The average molecular weight is 1330 g/mol. The van der Waals surface area contributed by atoms with Gasteiger partial charge in [-0.2, -0.15) is 0 Å². The fourth-order valence-corrected chi connectivity index (χ4v) is 20.5. The lowest BCUT2D eigenvalue weighted by molar-refractivity contribution is 0.0131. The van der Waals surface area contributed by atoms with Gasteiger partial charge < -0.3 is 23.8 Å². The molecule has 22 heteroatoms. The highest BCUT2D eigenvalue weighted by Gasteiger charge is 2.45. The van der Waals surface area contributed by atoms with Gasteiger partial charge in [-0.3, -0.25) is 8.82 Å². The summed E-state index contributed by atoms with van der Waals surface area (Å²) in [7, 11) is -9.81. The van der Waals surface area contributed by atoms with E-state index in [1.807, 2.05) is 99.6 Å². The molecule has 2 bridgehead atoms. The molecule has 2 aliphatic carbocycles. The lowest BCUT2D eigenvalue weighted by Gasteiger charge is -2.46. The van der Waals surface area contributed by atoms with Crippen molar-refractivity contribution < 1.29 is 46.0 Å². The van der Waals surface area contributed by atoms with E-state index in [1.165, 1.54) is 11.1 Å². The Balaban J connectivity index is 0.000000230. The average Bonchev–Trinajstić information content (AvgIpc) is 1.45. The van der Waals surface area contributed by atoms with Gasteiger partial charge in [0.05, 0.1) is 29.9 Å². The summed E-state index contributed by atoms with van der Waals surface area (Å²) >= 11 is 6.40. The number of anilines is 1. The van der Waals surface area contributed by atoms with Crippen molar-refractivity contribution in [1.82, 2.24) is 9.44 Å². The Morgan fingerprint density at radius 2 is 1.52 bits per heavy atom. The molecule has 4 aliphatic rings. The lowest BCUT2D eigenvalue weighted by atomic mass is 9.68. The normalized spacial score (nSPS) is 24.5. The van der Waals surface area contributed by atoms with Crippen molar-refractivity contribution in [2.45, 2.75) is 149 Å². The predicted octanol–water partition coefficient (Wildman–Crippen LogP) is 15.7. The fourth-order valence-electron chi connectivity index (χ4n) is 11.7. The molecule has 4 aromatic rings. The minimum atomic E-state index is -3.20. The smallest absolute Gasteiger partial charge is 0.420 e. The first kappa shape index (κ1) is 73.2. The molecule has 1 saturated carbocycles. The zero-order valence-electron chi connectivity index (χ0n) is 54.6. The Bertz CT molecular complexity index is 3530. The van der Waals surface area contributed by atoms with E-state index in [-0.39, 0.29) is 51.6 Å². The first-order valence-electron chi connectivity index (χ1n) is 31.2. The summed E-state index contributed by atoms with van der Waals surface area (Å²) < 4.78 is 83.3. The van der Waals surface area contributed by atoms with Gasteiger partial charge in [-0.05, 0) is 166 Å². The summed E-state index contributed by atoms with van der Waals surface area (Å²) in [6, 6.07) is 30.4. The molecule has 8 rings (SSSR count). The number of benzene rings is 4. The van der Waals surface area contributed by atoms with E-state index in [0.717, 1.165) is 72.8 Å². The van der Waals surface area contributed by atoms with Crippen LogP contribution < -0.4 is 24.2 Å². The number of nitrogens with zero attached hydrogens (tertiary/aromatic N) is 3. The van der Waals surface area contributed by atoms with Crippen LogP contribution in [0.2, 0.25) is 23.2 Å². The van der Waals surface area contributed by atoms with Crippen LogP contribution in [0.1, 0.15) is 145 Å². The summed E-state index contributed by atoms with van der Waals surface area (Å²) in [4.78, 5) is 40.0. The molecule has 0 aromatic heterocycles. The fraction of sp³-hybridized carbons (Fsp3) is 0.515. The van der Waals surface area contributed by atoms with E-state index in [1.54, 1.807) is 39.2 Å². The number of aryl methyl sites for hydroxylation is 1.